The molecule has 6 heteroatoms. The molecule has 0 unspecified atom stereocenters. The zero-order valence-corrected chi connectivity index (χ0v) is 26.5. The number of hydrogen-bond acceptors (Lipinski definition) is 5. The average molecular weight is 689 g/mol. The molecule has 0 bridgehead atoms. The highest BCUT2D eigenvalue weighted by Crippen LogP contribution is 2.43. The van der Waals surface area contributed by atoms with E-state index in [1.165, 1.54) is 4.57 Å². The first kappa shape index (κ1) is 15.9. The molecule has 0 radical (unpaired) electrons. The fourth-order valence-corrected chi connectivity index (χ4v) is 7.62. The Bertz CT molecular complexity index is 4150. The van der Waals surface area contributed by atoms with Crippen molar-refractivity contribution < 1.29 is 29.1 Å². The van der Waals surface area contributed by atoms with Crippen LogP contribution in [0.4, 0.5) is 0 Å². The van der Waals surface area contributed by atoms with E-state index < -0.39 is 108 Å². The predicted octanol–water partition coefficient (Wildman–Crippen LogP) is 12.2. The first-order valence-corrected chi connectivity index (χ1v) is 16.3. The van der Waals surface area contributed by atoms with Crippen LogP contribution < -0.4 is 0 Å². The number of nitrogens with zero attached hydrogens (tertiary/aromatic N) is 4. The summed E-state index contributed by atoms with van der Waals surface area (Å²) in [6.45, 7) is 0. The molecule has 0 amide bonds. The Morgan fingerprint density at radius 2 is 1.24 bits per heavy atom. The van der Waals surface area contributed by atoms with Crippen molar-refractivity contribution in [2.45, 2.75) is 0 Å². The molecule has 0 N–H and O–H groups in total. The number of benzene rings is 7. The zero-order valence-electron chi connectivity index (χ0n) is 43.7. The number of hydrogen-bond donors (Lipinski definition) is 0. The van der Waals surface area contributed by atoms with Crippen molar-refractivity contribution >= 4 is 75.3 Å². The van der Waals surface area contributed by atoms with E-state index in [1.54, 1.807) is 48.5 Å². The molecule has 0 spiro atoms. The molecule has 0 aliphatic heterocycles. The summed E-state index contributed by atoms with van der Waals surface area (Å²) < 4.78 is 164. The molecule has 4 aromatic heterocycles. The van der Waals surface area contributed by atoms with E-state index in [1.807, 2.05) is 0 Å². The molecule has 238 valence electrons. The van der Waals surface area contributed by atoms with Gasteiger partial charge in [-0.15, -0.1) is 11.3 Å². The van der Waals surface area contributed by atoms with Crippen molar-refractivity contribution in [2.75, 3.05) is 0 Å². The van der Waals surface area contributed by atoms with Gasteiger partial charge in [0.2, 0.25) is 5.95 Å². The summed E-state index contributed by atoms with van der Waals surface area (Å²) in [5, 5.41) is 1.50. The van der Waals surface area contributed by atoms with Crippen LogP contribution in [0, 0.1) is 0 Å². The molecule has 51 heavy (non-hydrogen) atoms. The van der Waals surface area contributed by atoms with Gasteiger partial charge in [0.1, 0.15) is 11.2 Å². The Morgan fingerprint density at radius 3 is 2.08 bits per heavy atom. The molecule has 4 heterocycles. The molecule has 0 fully saturated rings. The van der Waals surface area contributed by atoms with Crippen molar-refractivity contribution in [3.63, 3.8) is 0 Å². The number of furan rings is 1. The molecule has 0 atom stereocenters. The second-order valence-electron chi connectivity index (χ2n) is 11.5. The van der Waals surface area contributed by atoms with Gasteiger partial charge in [0.15, 0.2) is 11.6 Å². The van der Waals surface area contributed by atoms with Crippen molar-refractivity contribution in [3.8, 4) is 39.9 Å². The Kier molecular flexibility index (Phi) is 3.42. The van der Waals surface area contributed by atoms with E-state index in [0.29, 0.717) is 26.6 Å². The van der Waals surface area contributed by atoms with Gasteiger partial charge >= 0.3 is 0 Å². The van der Waals surface area contributed by atoms with E-state index in [-0.39, 0.29) is 77.8 Å². The zero-order chi connectivity index (χ0) is 49.1. The SMILES string of the molecule is [2H]c1c([2H])c([2H])c(-c2nc(-c3ccc4c(c3)oc3cccc(-c5c([2H])c([2H])c([2H])c([2H])c5[2H])c34)nc(-n3c4c([2H])c([2H])c([2H])c([2H])c4c4ccc5sc6c([2H])c([2H])c([2H])c([2H])c6c5c43)n2)c([2H])c1[2H]. The van der Waals surface area contributed by atoms with Crippen molar-refractivity contribution in [2.24, 2.45) is 0 Å². The molecular weight excluding hydrogens is 645 g/mol. The molecule has 0 aliphatic carbocycles. The molecule has 0 saturated heterocycles. The second kappa shape index (κ2) is 10.9. The molecule has 11 aromatic rings. The summed E-state index contributed by atoms with van der Waals surface area (Å²) in [7, 11) is 0. The minimum atomic E-state index is -0.695. The first-order valence-electron chi connectivity index (χ1n) is 24.5. The fourth-order valence-electron chi connectivity index (χ4n) is 6.60. The number of fused-ring (bicyclic) bond motifs is 10. The fraction of sp³-hybridized carbons (Fsp3) is 0. The molecule has 11 rings (SSSR count). The predicted molar refractivity (Wildman–Crippen MR) is 211 cm³/mol. The summed E-state index contributed by atoms with van der Waals surface area (Å²) in [4.78, 5) is 14.3. The third-order valence-corrected chi connectivity index (χ3v) is 9.78. The standard InChI is InChI=1S/C45H26N4OS/c1-3-12-27(13-4-1)30-18-11-20-36-40(30)33-23-22-29(26-37(33)50-36)44-46-43(28-14-5-2-6-15-28)47-45(48-44)49-35-19-9-7-16-31(35)32-24-25-39-41(42(32)49)34-17-8-10-21-38(34)51-39/h1-26H/i1D,2D,3D,4D,5D,6D,7D,8D,9D,10D,12D,13D,14D,15D,16D,17D,19D,21D. The van der Waals surface area contributed by atoms with E-state index in [9.17, 15) is 1.37 Å². The molecule has 0 aliphatic rings. The Balaban J connectivity index is 1.27. The number of rotatable bonds is 4. The van der Waals surface area contributed by atoms with Gasteiger partial charge in [0.05, 0.1) is 35.7 Å². The minimum Gasteiger partial charge on any atom is -0.456 e. The van der Waals surface area contributed by atoms with E-state index in [0.717, 1.165) is 11.3 Å². The summed E-state index contributed by atoms with van der Waals surface area (Å²) in [6.07, 6.45) is 0. The summed E-state index contributed by atoms with van der Waals surface area (Å²) in [5.74, 6) is -0.955. The lowest BCUT2D eigenvalue weighted by molar-refractivity contribution is 0.669. The maximum absolute atomic E-state index is 9.29. The normalized spacial score (nSPS) is 16.9. The lowest BCUT2D eigenvalue weighted by Crippen LogP contribution is -2.06. The molecular formula is C45H26N4OS. The lowest BCUT2D eigenvalue weighted by Gasteiger charge is -2.11. The van der Waals surface area contributed by atoms with Gasteiger partial charge in [0, 0.05) is 52.8 Å². The van der Waals surface area contributed by atoms with Crippen LogP contribution in [0.1, 0.15) is 24.7 Å². The number of aromatic nitrogens is 4. The highest BCUT2D eigenvalue weighted by atomic mass is 32.1. The third-order valence-electron chi connectivity index (χ3n) is 8.71. The topological polar surface area (TPSA) is 56.7 Å². The lowest BCUT2D eigenvalue weighted by atomic mass is 9.99. The van der Waals surface area contributed by atoms with E-state index >= 15 is 0 Å². The summed E-state index contributed by atoms with van der Waals surface area (Å²) >= 11 is 1.07. The highest BCUT2D eigenvalue weighted by molar-refractivity contribution is 7.26. The van der Waals surface area contributed by atoms with Crippen LogP contribution in [0.5, 0.6) is 0 Å². The Labute approximate surface area is 321 Å². The van der Waals surface area contributed by atoms with Gasteiger partial charge in [-0.25, -0.2) is 4.98 Å². The quantitative estimate of drug-likeness (QED) is 0.185. The van der Waals surface area contributed by atoms with Crippen LogP contribution in [0.25, 0.3) is 104 Å². The van der Waals surface area contributed by atoms with Crippen LogP contribution in [0.2, 0.25) is 0 Å². The van der Waals surface area contributed by atoms with Gasteiger partial charge in [-0.1, -0.05) is 121 Å². The molecule has 5 nitrogen and oxygen atoms in total. The monoisotopic (exact) mass is 688 g/mol. The van der Waals surface area contributed by atoms with Crippen LogP contribution >= 0.6 is 11.3 Å². The Hall–Kier alpha value is -6.63. The highest BCUT2D eigenvalue weighted by Gasteiger charge is 2.22. The van der Waals surface area contributed by atoms with Gasteiger partial charge in [-0.05, 0) is 47.5 Å². The van der Waals surface area contributed by atoms with Gasteiger partial charge < -0.3 is 4.42 Å². The van der Waals surface area contributed by atoms with Crippen molar-refractivity contribution in [1.82, 2.24) is 19.5 Å². The molecule has 7 aromatic carbocycles. The number of thiophene rings is 1. The average Bonchev–Trinajstić information content (AvgIpc) is 4.04. The maximum atomic E-state index is 9.29. The maximum Gasteiger partial charge on any atom is 0.238 e. The van der Waals surface area contributed by atoms with Gasteiger partial charge in [0.25, 0.3) is 0 Å². The van der Waals surface area contributed by atoms with Crippen LogP contribution in [0.3, 0.4) is 0 Å². The van der Waals surface area contributed by atoms with Crippen molar-refractivity contribution in [3.05, 3.63) is 157 Å². The van der Waals surface area contributed by atoms with E-state index in [4.69, 9.17) is 37.7 Å². The second-order valence-corrected chi connectivity index (χ2v) is 12.5. The summed E-state index contributed by atoms with van der Waals surface area (Å²) in [6, 6.07) is 3.25. The smallest absolute Gasteiger partial charge is 0.238 e. The Morgan fingerprint density at radius 1 is 0.529 bits per heavy atom. The first-order chi connectivity index (χ1) is 32.7. The van der Waals surface area contributed by atoms with Gasteiger partial charge in [-0.3, -0.25) is 4.57 Å². The third kappa shape index (κ3) is 4.30. The largest absolute Gasteiger partial charge is 0.456 e. The van der Waals surface area contributed by atoms with Crippen molar-refractivity contribution in [1.29, 1.82) is 0 Å². The van der Waals surface area contributed by atoms with Gasteiger partial charge in [-0.2, -0.15) is 9.97 Å². The van der Waals surface area contributed by atoms with Crippen LogP contribution in [0.15, 0.2) is 162 Å². The van der Waals surface area contributed by atoms with Crippen LogP contribution in [-0.4, -0.2) is 19.5 Å². The molecule has 0 saturated carbocycles. The minimum absolute atomic E-state index is 0.0167. The van der Waals surface area contributed by atoms with E-state index in [2.05, 4.69) is 4.98 Å². The van der Waals surface area contributed by atoms with Crippen LogP contribution in [-0.2, 0) is 0 Å². The number of para-hydroxylation sites is 1. The summed E-state index contributed by atoms with van der Waals surface area (Å²) in [5.41, 5.74) is 0.551.